The molecule has 0 saturated heterocycles. The average molecular weight is 285 g/mol. The zero-order valence-electron chi connectivity index (χ0n) is 10.5. The first-order valence-corrected chi connectivity index (χ1v) is 6.19. The Hall–Kier alpha value is -1.48. The van der Waals surface area contributed by atoms with Crippen LogP contribution in [0.15, 0.2) is 30.3 Å². The van der Waals surface area contributed by atoms with Gasteiger partial charge in [-0.15, -0.1) is 11.6 Å². The molecule has 0 heterocycles. The summed E-state index contributed by atoms with van der Waals surface area (Å²) >= 11 is 6.12. The van der Waals surface area contributed by atoms with Gasteiger partial charge in [-0.25, -0.2) is 13.2 Å². The van der Waals surface area contributed by atoms with E-state index in [2.05, 4.69) is 0 Å². The topological polar surface area (TPSA) is 0 Å². The molecule has 19 heavy (non-hydrogen) atoms. The van der Waals surface area contributed by atoms with E-state index in [-0.39, 0.29) is 5.56 Å². The molecule has 0 aliphatic heterocycles. The first kappa shape index (κ1) is 13.9. The molecule has 2 aromatic carbocycles. The summed E-state index contributed by atoms with van der Waals surface area (Å²) in [5.74, 6) is -2.91. The molecule has 0 aromatic heterocycles. The van der Waals surface area contributed by atoms with Gasteiger partial charge in [-0.3, -0.25) is 0 Å². The summed E-state index contributed by atoms with van der Waals surface area (Å²) in [5, 5.41) is -0.986. The standard InChI is InChI=1S/C15H12ClF3/c1-8-3-4-10(5-9(8)2)15(16)14-12(18)6-11(17)7-13(14)19/h3-7,15H,1-2H3. The van der Waals surface area contributed by atoms with Gasteiger partial charge in [0.05, 0.1) is 5.38 Å². The van der Waals surface area contributed by atoms with E-state index in [1.165, 1.54) is 0 Å². The van der Waals surface area contributed by atoms with Crippen molar-refractivity contribution in [2.24, 2.45) is 0 Å². The molecule has 0 saturated carbocycles. The molecule has 0 fully saturated rings. The van der Waals surface area contributed by atoms with Gasteiger partial charge in [0.15, 0.2) is 0 Å². The lowest BCUT2D eigenvalue weighted by molar-refractivity contribution is 0.526. The summed E-state index contributed by atoms with van der Waals surface area (Å²) in [7, 11) is 0. The quantitative estimate of drug-likeness (QED) is 0.677. The Bertz CT molecular complexity index is 600. The Balaban J connectivity index is 2.49. The van der Waals surface area contributed by atoms with E-state index in [4.69, 9.17) is 11.6 Å². The molecule has 0 N–H and O–H groups in total. The van der Waals surface area contributed by atoms with Crippen LogP contribution in [0.25, 0.3) is 0 Å². The van der Waals surface area contributed by atoms with Crippen molar-refractivity contribution >= 4 is 11.6 Å². The molecule has 2 rings (SSSR count). The maximum atomic E-state index is 13.7. The van der Waals surface area contributed by atoms with Crippen molar-refractivity contribution in [3.05, 3.63) is 70.0 Å². The number of alkyl halides is 1. The van der Waals surface area contributed by atoms with Crippen LogP contribution in [0.4, 0.5) is 13.2 Å². The van der Waals surface area contributed by atoms with E-state index < -0.39 is 22.8 Å². The fourth-order valence-electron chi connectivity index (χ4n) is 1.88. The van der Waals surface area contributed by atoms with E-state index >= 15 is 0 Å². The average Bonchev–Trinajstić information content (AvgIpc) is 2.31. The third kappa shape index (κ3) is 2.76. The molecule has 2 aromatic rings. The Morgan fingerprint density at radius 3 is 2.00 bits per heavy atom. The van der Waals surface area contributed by atoms with E-state index in [9.17, 15) is 13.2 Å². The minimum Gasteiger partial charge on any atom is -0.207 e. The Labute approximate surface area is 114 Å². The second-order valence-corrected chi connectivity index (χ2v) is 4.93. The molecule has 0 aliphatic carbocycles. The van der Waals surface area contributed by atoms with E-state index in [1.54, 1.807) is 12.1 Å². The molecule has 1 atom stereocenters. The van der Waals surface area contributed by atoms with Crippen LogP contribution in [-0.4, -0.2) is 0 Å². The lowest BCUT2D eigenvalue weighted by atomic mass is 9.99. The van der Waals surface area contributed by atoms with Gasteiger partial charge in [0.25, 0.3) is 0 Å². The van der Waals surface area contributed by atoms with Gasteiger partial charge in [-0.05, 0) is 30.5 Å². The first-order chi connectivity index (χ1) is 8.90. The minimum absolute atomic E-state index is 0.327. The zero-order valence-corrected chi connectivity index (χ0v) is 11.2. The number of halogens is 4. The molecule has 0 aliphatic rings. The summed E-state index contributed by atoms with van der Waals surface area (Å²) in [4.78, 5) is 0. The summed E-state index contributed by atoms with van der Waals surface area (Å²) in [5.41, 5.74) is 2.29. The number of hydrogen-bond donors (Lipinski definition) is 0. The molecule has 4 heteroatoms. The predicted molar refractivity (Wildman–Crippen MR) is 69.9 cm³/mol. The Morgan fingerprint density at radius 1 is 0.895 bits per heavy atom. The largest absolute Gasteiger partial charge is 0.207 e. The van der Waals surface area contributed by atoms with Gasteiger partial charge in [0.2, 0.25) is 0 Å². The van der Waals surface area contributed by atoms with Crippen LogP contribution < -0.4 is 0 Å². The van der Waals surface area contributed by atoms with Gasteiger partial charge in [-0.1, -0.05) is 18.2 Å². The summed E-state index contributed by atoms with van der Waals surface area (Å²) in [6.45, 7) is 3.82. The van der Waals surface area contributed by atoms with Crippen molar-refractivity contribution in [2.75, 3.05) is 0 Å². The Kier molecular flexibility index (Phi) is 3.85. The molecule has 1 unspecified atom stereocenters. The fourth-order valence-corrected chi connectivity index (χ4v) is 2.23. The fraction of sp³-hybridized carbons (Fsp3) is 0.200. The summed E-state index contributed by atoms with van der Waals surface area (Å²) < 4.78 is 40.2. The van der Waals surface area contributed by atoms with Crippen molar-refractivity contribution in [1.29, 1.82) is 0 Å². The molecule has 0 amide bonds. The molecule has 0 radical (unpaired) electrons. The van der Waals surface area contributed by atoms with E-state index in [0.717, 1.165) is 11.1 Å². The van der Waals surface area contributed by atoms with Crippen LogP contribution in [-0.2, 0) is 0 Å². The highest BCUT2D eigenvalue weighted by Crippen LogP contribution is 2.33. The molecule has 100 valence electrons. The smallest absolute Gasteiger partial charge is 0.134 e. The second-order valence-electron chi connectivity index (χ2n) is 4.49. The first-order valence-electron chi connectivity index (χ1n) is 5.76. The van der Waals surface area contributed by atoms with Crippen LogP contribution in [0.3, 0.4) is 0 Å². The van der Waals surface area contributed by atoms with Crippen molar-refractivity contribution in [3.63, 3.8) is 0 Å². The molecule has 0 spiro atoms. The maximum absolute atomic E-state index is 13.7. The highest BCUT2D eigenvalue weighted by molar-refractivity contribution is 6.22. The third-order valence-electron chi connectivity index (χ3n) is 3.12. The van der Waals surface area contributed by atoms with Crippen molar-refractivity contribution < 1.29 is 13.2 Å². The molecular weight excluding hydrogens is 273 g/mol. The van der Waals surface area contributed by atoms with Gasteiger partial charge >= 0.3 is 0 Å². The molecule has 0 nitrogen and oxygen atoms in total. The van der Waals surface area contributed by atoms with Gasteiger partial charge in [0, 0.05) is 17.7 Å². The third-order valence-corrected chi connectivity index (χ3v) is 3.59. The van der Waals surface area contributed by atoms with Crippen molar-refractivity contribution in [2.45, 2.75) is 19.2 Å². The van der Waals surface area contributed by atoms with Crippen molar-refractivity contribution in [1.82, 2.24) is 0 Å². The predicted octanol–water partition coefficient (Wildman–Crippen LogP) is 5.05. The van der Waals surface area contributed by atoms with Crippen LogP contribution in [0.1, 0.15) is 27.6 Å². The van der Waals surface area contributed by atoms with Crippen LogP contribution >= 0.6 is 11.6 Å². The van der Waals surface area contributed by atoms with Crippen LogP contribution in [0, 0.1) is 31.3 Å². The monoisotopic (exact) mass is 284 g/mol. The van der Waals surface area contributed by atoms with E-state index in [1.807, 2.05) is 19.9 Å². The summed E-state index contributed by atoms with van der Waals surface area (Å²) in [6, 6.07) is 6.58. The lowest BCUT2D eigenvalue weighted by Crippen LogP contribution is -2.03. The van der Waals surface area contributed by atoms with E-state index in [0.29, 0.717) is 17.7 Å². The summed E-state index contributed by atoms with van der Waals surface area (Å²) in [6.07, 6.45) is 0. The second kappa shape index (κ2) is 5.25. The van der Waals surface area contributed by atoms with Gasteiger partial charge < -0.3 is 0 Å². The number of benzene rings is 2. The highest BCUT2D eigenvalue weighted by atomic mass is 35.5. The minimum atomic E-state index is -0.986. The highest BCUT2D eigenvalue weighted by Gasteiger charge is 2.21. The number of rotatable bonds is 2. The van der Waals surface area contributed by atoms with Gasteiger partial charge in [-0.2, -0.15) is 0 Å². The van der Waals surface area contributed by atoms with Crippen LogP contribution in [0.5, 0.6) is 0 Å². The Morgan fingerprint density at radius 2 is 1.47 bits per heavy atom. The molecule has 0 bridgehead atoms. The SMILES string of the molecule is Cc1ccc(C(Cl)c2c(F)cc(F)cc2F)cc1C. The zero-order chi connectivity index (χ0) is 14.2. The number of aryl methyl sites for hydroxylation is 2. The lowest BCUT2D eigenvalue weighted by Gasteiger charge is -2.14. The maximum Gasteiger partial charge on any atom is 0.134 e. The van der Waals surface area contributed by atoms with Crippen LogP contribution in [0.2, 0.25) is 0 Å². The molecular formula is C15H12ClF3. The van der Waals surface area contributed by atoms with Crippen molar-refractivity contribution in [3.8, 4) is 0 Å². The normalized spacial score (nSPS) is 12.5. The number of hydrogen-bond acceptors (Lipinski definition) is 0. The van der Waals surface area contributed by atoms with Gasteiger partial charge in [0.1, 0.15) is 17.5 Å².